The Bertz CT molecular complexity index is 438. The molecule has 1 nitrogen and oxygen atoms in total. The predicted octanol–water partition coefficient (Wildman–Crippen LogP) is 5.64. The van der Waals surface area contributed by atoms with Crippen LogP contribution in [0.2, 0.25) is 10.0 Å². The predicted molar refractivity (Wildman–Crippen MR) is 91.2 cm³/mol. The minimum absolute atomic E-state index is 0.586. The Balaban J connectivity index is 2.11. The lowest BCUT2D eigenvalue weighted by Gasteiger charge is -2.36. The Labute approximate surface area is 136 Å². The van der Waals surface area contributed by atoms with Crippen LogP contribution >= 0.6 is 35.0 Å². The van der Waals surface area contributed by atoms with Gasteiger partial charge in [-0.25, -0.2) is 0 Å². The smallest absolute Gasteiger partial charge is 0.0543 e. The molecule has 0 bridgehead atoms. The monoisotopic (exact) mass is 331 g/mol. The summed E-state index contributed by atoms with van der Waals surface area (Å²) < 4.78 is 0. The third-order valence-electron chi connectivity index (χ3n) is 4.12. The standard InChI is InChI=1S/C16H23Cl2NS/c1-3-11-5-8-14(19-4-2)16(9-11)20-15-10-12(17)6-7-13(15)18/h6-7,10-11,14,16,19H,3-5,8-9H2,1-2H3. The Morgan fingerprint density at radius 2 is 2.05 bits per heavy atom. The zero-order valence-electron chi connectivity index (χ0n) is 12.2. The van der Waals surface area contributed by atoms with Gasteiger partial charge in [0.1, 0.15) is 0 Å². The number of hydrogen-bond donors (Lipinski definition) is 1. The van der Waals surface area contributed by atoms with E-state index in [-0.39, 0.29) is 0 Å². The van der Waals surface area contributed by atoms with Gasteiger partial charge in [0.25, 0.3) is 0 Å². The molecule has 3 atom stereocenters. The SMILES string of the molecule is CCNC1CCC(CC)CC1Sc1cc(Cl)ccc1Cl. The molecule has 20 heavy (non-hydrogen) atoms. The highest BCUT2D eigenvalue weighted by Crippen LogP contribution is 2.40. The van der Waals surface area contributed by atoms with E-state index in [1.807, 2.05) is 30.0 Å². The van der Waals surface area contributed by atoms with E-state index in [2.05, 4.69) is 19.2 Å². The van der Waals surface area contributed by atoms with Crippen molar-refractivity contribution in [2.45, 2.75) is 55.7 Å². The fourth-order valence-corrected chi connectivity index (χ4v) is 4.89. The average molecular weight is 332 g/mol. The summed E-state index contributed by atoms with van der Waals surface area (Å²) in [6, 6.07) is 6.33. The van der Waals surface area contributed by atoms with Crippen molar-refractivity contribution in [1.29, 1.82) is 0 Å². The molecule has 4 heteroatoms. The van der Waals surface area contributed by atoms with Crippen LogP contribution in [-0.4, -0.2) is 17.8 Å². The highest BCUT2D eigenvalue weighted by Gasteiger charge is 2.30. The Morgan fingerprint density at radius 3 is 2.75 bits per heavy atom. The topological polar surface area (TPSA) is 12.0 Å². The molecule has 112 valence electrons. The van der Waals surface area contributed by atoms with Crippen molar-refractivity contribution >= 4 is 35.0 Å². The Morgan fingerprint density at radius 1 is 1.25 bits per heavy atom. The minimum atomic E-state index is 0.586. The van der Waals surface area contributed by atoms with E-state index in [0.717, 1.165) is 27.4 Å². The average Bonchev–Trinajstić information content (AvgIpc) is 2.45. The molecule has 1 fully saturated rings. The number of halogens is 2. The summed E-state index contributed by atoms with van der Waals surface area (Å²) >= 11 is 14.3. The summed E-state index contributed by atoms with van der Waals surface area (Å²) in [5, 5.41) is 5.80. The van der Waals surface area contributed by atoms with E-state index in [9.17, 15) is 0 Å². The highest BCUT2D eigenvalue weighted by molar-refractivity contribution is 8.00. The maximum Gasteiger partial charge on any atom is 0.0543 e. The lowest BCUT2D eigenvalue weighted by atomic mass is 9.84. The molecule has 2 rings (SSSR count). The molecule has 0 heterocycles. The third kappa shape index (κ3) is 4.30. The van der Waals surface area contributed by atoms with Crippen LogP contribution in [0, 0.1) is 5.92 Å². The summed E-state index contributed by atoms with van der Waals surface area (Å²) in [5.41, 5.74) is 0. The van der Waals surface area contributed by atoms with E-state index in [0.29, 0.717) is 11.3 Å². The molecular weight excluding hydrogens is 309 g/mol. The lowest BCUT2D eigenvalue weighted by molar-refractivity contribution is 0.298. The van der Waals surface area contributed by atoms with Crippen LogP contribution in [0.1, 0.15) is 39.5 Å². The first kappa shape index (κ1) is 16.5. The molecule has 1 aromatic rings. The van der Waals surface area contributed by atoms with E-state index in [1.165, 1.54) is 25.7 Å². The van der Waals surface area contributed by atoms with Gasteiger partial charge < -0.3 is 5.32 Å². The van der Waals surface area contributed by atoms with E-state index < -0.39 is 0 Å². The van der Waals surface area contributed by atoms with Crippen LogP contribution in [0.15, 0.2) is 23.1 Å². The van der Waals surface area contributed by atoms with Gasteiger partial charge in [0.2, 0.25) is 0 Å². The molecule has 0 aliphatic heterocycles. The fraction of sp³-hybridized carbons (Fsp3) is 0.625. The van der Waals surface area contributed by atoms with Gasteiger partial charge in [-0.2, -0.15) is 0 Å². The molecule has 3 unspecified atom stereocenters. The van der Waals surface area contributed by atoms with Crippen LogP contribution in [0.25, 0.3) is 0 Å². The molecule has 1 N–H and O–H groups in total. The molecule has 0 amide bonds. The molecule has 0 radical (unpaired) electrons. The molecule has 1 aromatic carbocycles. The van der Waals surface area contributed by atoms with Crippen LogP contribution < -0.4 is 5.32 Å². The van der Waals surface area contributed by atoms with Crippen LogP contribution in [0.4, 0.5) is 0 Å². The zero-order chi connectivity index (χ0) is 14.5. The van der Waals surface area contributed by atoms with Gasteiger partial charge in [-0.1, -0.05) is 43.5 Å². The molecule has 0 spiro atoms. The Kier molecular flexibility index (Phi) is 6.54. The number of nitrogens with one attached hydrogen (secondary N) is 1. The fourth-order valence-electron chi connectivity index (χ4n) is 2.94. The van der Waals surface area contributed by atoms with Crippen molar-refractivity contribution in [2.24, 2.45) is 5.92 Å². The maximum absolute atomic E-state index is 6.31. The zero-order valence-corrected chi connectivity index (χ0v) is 14.5. The van der Waals surface area contributed by atoms with Crippen LogP contribution in [0.5, 0.6) is 0 Å². The summed E-state index contributed by atoms with van der Waals surface area (Å²) in [5.74, 6) is 0.848. The number of hydrogen-bond acceptors (Lipinski definition) is 2. The van der Waals surface area contributed by atoms with Crippen molar-refractivity contribution in [3.63, 3.8) is 0 Å². The van der Waals surface area contributed by atoms with Crippen molar-refractivity contribution in [3.05, 3.63) is 28.2 Å². The summed E-state index contributed by atoms with van der Waals surface area (Å²) in [6.45, 7) is 5.51. The van der Waals surface area contributed by atoms with E-state index in [4.69, 9.17) is 23.2 Å². The second-order valence-corrected chi connectivity index (χ2v) is 7.61. The first-order valence-electron chi connectivity index (χ1n) is 7.49. The summed E-state index contributed by atoms with van der Waals surface area (Å²) in [7, 11) is 0. The second kappa shape index (κ2) is 7.93. The van der Waals surface area contributed by atoms with Crippen molar-refractivity contribution in [3.8, 4) is 0 Å². The van der Waals surface area contributed by atoms with Crippen LogP contribution in [-0.2, 0) is 0 Å². The molecule has 1 saturated carbocycles. The first-order chi connectivity index (χ1) is 9.63. The second-order valence-electron chi connectivity index (χ2n) is 5.48. The Hall–Kier alpha value is 0.110. The summed E-state index contributed by atoms with van der Waals surface area (Å²) in [6.07, 6.45) is 5.15. The van der Waals surface area contributed by atoms with E-state index >= 15 is 0 Å². The molecule has 0 aromatic heterocycles. The van der Waals surface area contributed by atoms with Crippen molar-refractivity contribution < 1.29 is 0 Å². The molecule has 1 aliphatic carbocycles. The summed E-state index contributed by atoms with van der Waals surface area (Å²) in [4.78, 5) is 1.11. The number of benzene rings is 1. The van der Waals surface area contributed by atoms with E-state index in [1.54, 1.807) is 0 Å². The number of thioether (sulfide) groups is 1. The van der Waals surface area contributed by atoms with Gasteiger partial charge in [-0.05, 0) is 49.9 Å². The quantitative estimate of drug-likeness (QED) is 0.748. The molecule has 0 saturated heterocycles. The number of rotatable bonds is 5. The van der Waals surface area contributed by atoms with Crippen molar-refractivity contribution in [1.82, 2.24) is 5.32 Å². The molecule has 1 aliphatic rings. The van der Waals surface area contributed by atoms with Gasteiger partial charge in [0, 0.05) is 21.2 Å². The lowest BCUT2D eigenvalue weighted by Crippen LogP contribution is -2.42. The van der Waals surface area contributed by atoms with Gasteiger partial charge in [0.15, 0.2) is 0 Å². The van der Waals surface area contributed by atoms with Crippen LogP contribution in [0.3, 0.4) is 0 Å². The van der Waals surface area contributed by atoms with Crippen molar-refractivity contribution in [2.75, 3.05) is 6.54 Å². The normalized spacial score (nSPS) is 26.7. The minimum Gasteiger partial charge on any atom is -0.313 e. The van der Waals surface area contributed by atoms with Gasteiger partial charge in [-0.3, -0.25) is 0 Å². The highest BCUT2D eigenvalue weighted by atomic mass is 35.5. The third-order valence-corrected chi connectivity index (χ3v) is 6.21. The van der Waals surface area contributed by atoms with Gasteiger partial charge >= 0.3 is 0 Å². The first-order valence-corrected chi connectivity index (χ1v) is 9.12. The van der Waals surface area contributed by atoms with Gasteiger partial charge in [0.05, 0.1) is 5.02 Å². The maximum atomic E-state index is 6.31. The van der Waals surface area contributed by atoms with Gasteiger partial charge in [-0.15, -0.1) is 11.8 Å². The largest absolute Gasteiger partial charge is 0.313 e. The molecular formula is C16H23Cl2NS.